The Bertz CT molecular complexity index is 255. The van der Waals surface area contributed by atoms with Gasteiger partial charge in [-0.05, 0) is 32.9 Å². The van der Waals surface area contributed by atoms with E-state index >= 15 is 0 Å². The highest BCUT2D eigenvalue weighted by molar-refractivity contribution is 5.75. The van der Waals surface area contributed by atoms with Gasteiger partial charge in [0.15, 0.2) is 0 Å². The molecule has 0 spiro atoms. The summed E-state index contributed by atoms with van der Waals surface area (Å²) in [6, 6.07) is 0. The Morgan fingerprint density at radius 2 is 1.89 bits per heavy atom. The second-order valence-electron chi connectivity index (χ2n) is 4.90. The summed E-state index contributed by atoms with van der Waals surface area (Å²) in [5.41, 5.74) is 0. The molecule has 0 saturated carbocycles. The van der Waals surface area contributed by atoms with Gasteiger partial charge in [0, 0.05) is 25.9 Å². The number of carboxylic acid groups (broad SMARTS) is 1. The van der Waals surface area contributed by atoms with Crippen LogP contribution in [0.2, 0.25) is 0 Å². The van der Waals surface area contributed by atoms with E-state index in [2.05, 4.69) is 12.2 Å². The van der Waals surface area contributed by atoms with E-state index in [-0.39, 0.29) is 12.3 Å². The first-order chi connectivity index (χ1) is 8.45. The van der Waals surface area contributed by atoms with Gasteiger partial charge in [-0.25, -0.2) is 0 Å². The fraction of sp³-hybridized carbons (Fsp3) is 0.846. The van der Waals surface area contributed by atoms with Crippen molar-refractivity contribution in [3.63, 3.8) is 0 Å². The lowest BCUT2D eigenvalue weighted by Gasteiger charge is -2.14. The number of carbonyl (C=O) groups is 2. The Hall–Kier alpha value is -1.10. The third-order valence-corrected chi connectivity index (χ3v) is 3.00. The Balaban J connectivity index is 3.66. The molecular formula is C13H26N2O3. The van der Waals surface area contributed by atoms with Crippen molar-refractivity contribution in [1.29, 1.82) is 0 Å². The fourth-order valence-electron chi connectivity index (χ4n) is 1.71. The molecule has 5 heteroatoms. The van der Waals surface area contributed by atoms with Crippen molar-refractivity contribution in [2.75, 3.05) is 27.2 Å². The largest absolute Gasteiger partial charge is 0.481 e. The van der Waals surface area contributed by atoms with E-state index < -0.39 is 5.97 Å². The third kappa shape index (κ3) is 10.1. The standard InChI is InChI=1S/C13H26N2O3/c1-4-11(5-6-13(17)18)7-9-14-12(16)8-10-15(2)3/h11H,4-10H2,1-3H3,(H,14,16)(H,17,18). The molecule has 2 N–H and O–H groups in total. The number of nitrogens with one attached hydrogen (secondary N) is 1. The van der Waals surface area contributed by atoms with Gasteiger partial charge in [-0.2, -0.15) is 0 Å². The highest BCUT2D eigenvalue weighted by Crippen LogP contribution is 2.14. The molecule has 0 radical (unpaired) electrons. The van der Waals surface area contributed by atoms with Crippen LogP contribution in [-0.2, 0) is 9.59 Å². The van der Waals surface area contributed by atoms with Crippen molar-refractivity contribution in [3.8, 4) is 0 Å². The van der Waals surface area contributed by atoms with Crippen molar-refractivity contribution >= 4 is 11.9 Å². The molecule has 0 aliphatic carbocycles. The number of hydrogen-bond acceptors (Lipinski definition) is 3. The van der Waals surface area contributed by atoms with Gasteiger partial charge in [0.1, 0.15) is 0 Å². The lowest BCUT2D eigenvalue weighted by atomic mass is 9.96. The number of nitrogens with zero attached hydrogens (tertiary/aromatic N) is 1. The number of carbonyl (C=O) groups excluding carboxylic acids is 1. The number of hydrogen-bond donors (Lipinski definition) is 2. The molecule has 0 fully saturated rings. The highest BCUT2D eigenvalue weighted by Gasteiger charge is 2.09. The topological polar surface area (TPSA) is 69.6 Å². The van der Waals surface area contributed by atoms with Gasteiger partial charge < -0.3 is 15.3 Å². The number of amides is 1. The molecule has 0 aromatic rings. The molecule has 0 rings (SSSR count). The minimum Gasteiger partial charge on any atom is -0.481 e. The van der Waals surface area contributed by atoms with E-state index in [1.54, 1.807) is 0 Å². The molecule has 18 heavy (non-hydrogen) atoms. The molecule has 5 nitrogen and oxygen atoms in total. The number of aliphatic carboxylic acids is 1. The normalized spacial score (nSPS) is 12.4. The van der Waals surface area contributed by atoms with E-state index in [1.807, 2.05) is 19.0 Å². The van der Waals surface area contributed by atoms with E-state index in [0.717, 1.165) is 19.4 Å². The summed E-state index contributed by atoms with van der Waals surface area (Å²) >= 11 is 0. The van der Waals surface area contributed by atoms with Crippen LogP contribution in [0.1, 0.15) is 39.0 Å². The van der Waals surface area contributed by atoms with E-state index in [1.165, 1.54) is 0 Å². The Labute approximate surface area is 110 Å². The number of rotatable bonds is 10. The molecule has 106 valence electrons. The summed E-state index contributed by atoms with van der Waals surface area (Å²) in [5, 5.41) is 11.5. The Morgan fingerprint density at radius 1 is 1.22 bits per heavy atom. The Kier molecular flexibility index (Phi) is 9.28. The zero-order chi connectivity index (χ0) is 14.0. The Morgan fingerprint density at radius 3 is 2.39 bits per heavy atom. The van der Waals surface area contributed by atoms with Gasteiger partial charge in [0.25, 0.3) is 0 Å². The first-order valence-corrected chi connectivity index (χ1v) is 6.59. The van der Waals surface area contributed by atoms with Crippen molar-refractivity contribution < 1.29 is 14.7 Å². The third-order valence-electron chi connectivity index (χ3n) is 3.00. The van der Waals surface area contributed by atoms with E-state index in [4.69, 9.17) is 5.11 Å². The quantitative estimate of drug-likeness (QED) is 0.620. The molecule has 0 aromatic heterocycles. The van der Waals surface area contributed by atoms with Gasteiger partial charge in [0.2, 0.25) is 5.91 Å². The molecule has 0 aliphatic heterocycles. The zero-order valence-corrected chi connectivity index (χ0v) is 11.7. The molecule has 1 amide bonds. The van der Waals surface area contributed by atoms with Crippen LogP contribution < -0.4 is 5.32 Å². The zero-order valence-electron chi connectivity index (χ0n) is 11.7. The van der Waals surface area contributed by atoms with Crippen LogP contribution in [0.4, 0.5) is 0 Å². The van der Waals surface area contributed by atoms with Crippen LogP contribution in [0.25, 0.3) is 0 Å². The summed E-state index contributed by atoms with van der Waals surface area (Å²) in [6.45, 7) is 3.45. The molecule has 0 bridgehead atoms. The molecule has 1 atom stereocenters. The predicted molar refractivity (Wildman–Crippen MR) is 71.4 cm³/mol. The maximum Gasteiger partial charge on any atom is 0.303 e. The highest BCUT2D eigenvalue weighted by atomic mass is 16.4. The fourth-order valence-corrected chi connectivity index (χ4v) is 1.71. The second kappa shape index (κ2) is 9.88. The average molecular weight is 258 g/mol. The van der Waals surface area contributed by atoms with Crippen LogP contribution in [0.5, 0.6) is 0 Å². The smallest absolute Gasteiger partial charge is 0.303 e. The molecular weight excluding hydrogens is 232 g/mol. The van der Waals surface area contributed by atoms with Gasteiger partial charge >= 0.3 is 5.97 Å². The first kappa shape index (κ1) is 16.9. The second-order valence-corrected chi connectivity index (χ2v) is 4.90. The SMILES string of the molecule is CCC(CCNC(=O)CCN(C)C)CCC(=O)O. The maximum absolute atomic E-state index is 11.5. The van der Waals surface area contributed by atoms with Gasteiger partial charge in [0.05, 0.1) is 0 Å². The summed E-state index contributed by atoms with van der Waals surface area (Å²) in [6.07, 6.45) is 3.24. The van der Waals surface area contributed by atoms with Crippen LogP contribution in [-0.4, -0.2) is 49.1 Å². The molecule has 0 heterocycles. The minimum atomic E-state index is -0.747. The van der Waals surface area contributed by atoms with Crippen LogP contribution in [0.15, 0.2) is 0 Å². The van der Waals surface area contributed by atoms with Crippen molar-refractivity contribution in [1.82, 2.24) is 10.2 Å². The van der Waals surface area contributed by atoms with Crippen molar-refractivity contribution in [2.24, 2.45) is 5.92 Å². The lowest BCUT2D eigenvalue weighted by molar-refractivity contribution is -0.137. The minimum absolute atomic E-state index is 0.0665. The van der Waals surface area contributed by atoms with Crippen molar-refractivity contribution in [2.45, 2.75) is 39.0 Å². The summed E-state index contributed by atoms with van der Waals surface area (Å²) in [7, 11) is 3.87. The maximum atomic E-state index is 11.5. The van der Waals surface area contributed by atoms with Crippen LogP contribution in [0, 0.1) is 5.92 Å². The molecule has 1 unspecified atom stereocenters. The summed E-state index contributed by atoms with van der Waals surface area (Å²) in [5.74, 6) is -0.296. The van der Waals surface area contributed by atoms with Gasteiger partial charge in [-0.15, -0.1) is 0 Å². The average Bonchev–Trinajstić information content (AvgIpc) is 2.30. The summed E-state index contributed by atoms with van der Waals surface area (Å²) in [4.78, 5) is 23.9. The van der Waals surface area contributed by atoms with Crippen LogP contribution in [0.3, 0.4) is 0 Å². The summed E-state index contributed by atoms with van der Waals surface area (Å²) < 4.78 is 0. The van der Waals surface area contributed by atoms with E-state index in [0.29, 0.717) is 25.3 Å². The van der Waals surface area contributed by atoms with Gasteiger partial charge in [-0.3, -0.25) is 9.59 Å². The molecule has 0 aromatic carbocycles. The van der Waals surface area contributed by atoms with Crippen molar-refractivity contribution in [3.05, 3.63) is 0 Å². The monoisotopic (exact) mass is 258 g/mol. The van der Waals surface area contributed by atoms with E-state index in [9.17, 15) is 9.59 Å². The molecule has 0 saturated heterocycles. The first-order valence-electron chi connectivity index (χ1n) is 6.59. The van der Waals surface area contributed by atoms with Gasteiger partial charge in [-0.1, -0.05) is 13.3 Å². The predicted octanol–water partition coefficient (Wildman–Crippen LogP) is 1.34. The lowest BCUT2D eigenvalue weighted by Crippen LogP contribution is -2.29. The number of carboxylic acids is 1. The van der Waals surface area contributed by atoms with Crippen LogP contribution >= 0.6 is 0 Å². The molecule has 0 aliphatic rings.